The van der Waals surface area contributed by atoms with Crippen molar-refractivity contribution in [2.75, 3.05) is 26.2 Å². The molecule has 2 aliphatic heterocycles. The van der Waals surface area contributed by atoms with Gasteiger partial charge in [0, 0.05) is 26.1 Å². The topological polar surface area (TPSA) is 95.0 Å². The van der Waals surface area contributed by atoms with Crippen LogP contribution in [-0.2, 0) is 26.0 Å². The van der Waals surface area contributed by atoms with Crippen molar-refractivity contribution in [2.45, 2.75) is 42.7 Å². The number of amides is 1. The highest BCUT2D eigenvalue weighted by Crippen LogP contribution is 2.27. The van der Waals surface area contributed by atoms with Crippen LogP contribution in [0.3, 0.4) is 0 Å². The summed E-state index contributed by atoms with van der Waals surface area (Å²) in [5, 5.41) is 8.90. The van der Waals surface area contributed by atoms with E-state index in [4.69, 9.17) is 5.11 Å². The zero-order chi connectivity index (χ0) is 19.7. The summed E-state index contributed by atoms with van der Waals surface area (Å²) < 4.78 is 40.8. The minimum Gasteiger partial charge on any atom is -0.479 e. The minimum absolute atomic E-state index is 0.0280. The number of likely N-dealkylation sites (tertiary alicyclic amines) is 1. The molecule has 0 radical (unpaired) electrons. The van der Waals surface area contributed by atoms with Crippen LogP contribution in [0.1, 0.15) is 31.2 Å². The Kier molecular flexibility index (Phi) is 5.53. The molecule has 0 bridgehead atoms. The van der Waals surface area contributed by atoms with Gasteiger partial charge in [-0.2, -0.15) is 4.31 Å². The molecular weight excluding hydrogens is 375 g/mol. The highest BCUT2D eigenvalue weighted by Gasteiger charge is 2.46. The number of aliphatic carboxylic acids is 1. The van der Waals surface area contributed by atoms with Crippen LogP contribution in [0.4, 0.5) is 4.39 Å². The predicted molar refractivity (Wildman–Crippen MR) is 95.4 cm³/mol. The second-order valence-corrected chi connectivity index (χ2v) is 9.06. The van der Waals surface area contributed by atoms with E-state index in [1.165, 1.54) is 21.3 Å². The monoisotopic (exact) mass is 398 g/mol. The van der Waals surface area contributed by atoms with Gasteiger partial charge in [-0.05, 0) is 30.5 Å². The van der Waals surface area contributed by atoms with Crippen LogP contribution in [0.2, 0.25) is 0 Å². The lowest BCUT2D eigenvalue weighted by molar-refractivity contribution is -0.150. The van der Waals surface area contributed by atoms with Crippen LogP contribution in [0.25, 0.3) is 0 Å². The Bertz CT molecular complexity index is 821. The maximum Gasteiger partial charge on any atom is 0.343 e. The zero-order valence-electron chi connectivity index (χ0n) is 14.9. The number of carbonyl (C=O) groups is 2. The maximum atomic E-state index is 14.1. The first kappa shape index (κ1) is 19.8. The Labute approximate surface area is 157 Å². The Morgan fingerprint density at radius 3 is 2.26 bits per heavy atom. The summed E-state index contributed by atoms with van der Waals surface area (Å²) >= 11 is 0. The highest BCUT2D eigenvalue weighted by atomic mass is 32.2. The van der Waals surface area contributed by atoms with E-state index in [1.807, 2.05) is 0 Å². The molecule has 2 aliphatic rings. The number of carboxylic acid groups (broad SMARTS) is 1. The van der Waals surface area contributed by atoms with Crippen molar-refractivity contribution in [1.29, 1.82) is 0 Å². The molecule has 27 heavy (non-hydrogen) atoms. The second kappa shape index (κ2) is 7.55. The molecule has 3 rings (SSSR count). The molecule has 0 saturated carbocycles. The summed E-state index contributed by atoms with van der Waals surface area (Å²) in [7, 11) is -3.52. The van der Waals surface area contributed by atoms with E-state index in [-0.39, 0.29) is 30.2 Å². The molecule has 148 valence electrons. The molecule has 0 aliphatic carbocycles. The number of piperidine rings is 1. The summed E-state index contributed by atoms with van der Waals surface area (Å²) in [6.07, 6.45) is 2.49. The highest BCUT2D eigenvalue weighted by molar-refractivity contribution is 7.89. The maximum absolute atomic E-state index is 14.1. The lowest BCUT2D eigenvalue weighted by Gasteiger charge is -2.25. The number of rotatable bonds is 5. The lowest BCUT2D eigenvalue weighted by atomic mass is 10.1. The molecule has 1 aromatic rings. The van der Waals surface area contributed by atoms with E-state index in [0.717, 1.165) is 19.3 Å². The Morgan fingerprint density at radius 2 is 1.70 bits per heavy atom. The molecule has 0 aromatic heterocycles. The predicted octanol–water partition coefficient (Wildman–Crippen LogP) is 1.43. The molecule has 1 amide bonds. The molecule has 2 saturated heterocycles. The average molecular weight is 398 g/mol. The van der Waals surface area contributed by atoms with Crippen LogP contribution in [0.15, 0.2) is 29.2 Å². The number of carbonyl (C=O) groups excluding carboxylic acids is 1. The van der Waals surface area contributed by atoms with Crippen LogP contribution >= 0.6 is 0 Å². The number of alkyl halides is 1. The zero-order valence-corrected chi connectivity index (χ0v) is 15.8. The van der Waals surface area contributed by atoms with E-state index in [9.17, 15) is 22.4 Å². The fourth-order valence-electron chi connectivity index (χ4n) is 3.48. The third-order valence-corrected chi connectivity index (χ3v) is 7.10. The molecule has 7 nitrogen and oxygen atoms in total. The van der Waals surface area contributed by atoms with Gasteiger partial charge < -0.3 is 10.0 Å². The molecule has 0 spiro atoms. The third-order valence-electron chi connectivity index (χ3n) is 5.19. The smallest absolute Gasteiger partial charge is 0.343 e. The molecule has 1 N–H and O–H groups in total. The first-order chi connectivity index (χ1) is 12.7. The minimum atomic E-state index is -3.52. The largest absolute Gasteiger partial charge is 0.479 e. The van der Waals surface area contributed by atoms with Crippen LogP contribution in [0, 0.1) is 0 Å². The first-order valence-electron chi connectivity index (χ1n) is 9.01. The molecule has 1 unspecified atom stereocenters. The Balaban J connectivity index is 1.64. The van der Waals surface area contributed by atoms with Crippen molar-refractivity contribution >= 4 is 21.9 Å². The van der Waals surface area contributed by atoms with E-state index in [1.54, 1.807) is 12.1 Å². The number of hydrogen-bond donors (Lipinski definition) is 1. The first-order valence-corrected chi connectivity index (χ1v) is 10.5. The molecule has 9 heteroatoms. The number of benzene rings is 1. The van der Waals surface area contributed by atoms with Gasteiger partial charge in [0.25, 0.3) is 0 Å². The number of hydrogen-bond acceptors (Lipinski definition) is 4. The van der Waals surface area contributed by atoms with Crippen molar-refractivity contribution in [1.82, 2.24) is 9.21 Å². The van der Waals surface area contributed by atoms with Gasteiger partial charge in [-0.25, -0.2) is 17.6 Å². The SMILES string of the molecule is O=C(Cc1ccc(S(=O)(=O)N2CCCCC2)cc1)N1CCC(F)(C(=O)O)C1. The van der Waals surface area contributed by atoms with E-state index >= 15 is 0 Å². The van der Waals surface area contributed by atoms with E-state index < -0.39 is 28.2 Å². The number of sulfonamides is 1. The number of halogens is 1. The van der Waals surface area contributed by atoms with Gasteiger partial charge in [0.15, 0.2) is 0 Å². The summed E-state index contributed by atoms with van der Waals surface area (Å²) in [5.74, 6) is -1.92. The Morgan fingerprint density at radius 1 is 1.07 bits per heavy atom. The van der Waals surface area contributed by atoms with Crippen molar-refractivity contribution in [2.24, 2.45) is 0 Å². The summed E-state index contributed by atoms with van der Waals surface area (Å²) in [6, 6.07) is 6.11. The molecule has 2 heterocycles. The van der Waals surface area contributed by atoms with Crippen molar-refractivity contribution in [3.05, 3.63) is 29.8 Å². The summed E-state index contributed by atoms with van der Waals surface area (Å²) in [4.78, 5) is 24.6. The second-order valence-electron chi connectivity index (χ2n) is 7.12. The van der Waals surface area contributed by atoms with Gasteiger partial charge in [0.05, 0.1) is 17.9 Å². The normalized spacial score (nSPS) is 24.1. The van der Waals surface area contributed by atoms with E-state index in [0.29, 0.717) is 18.7 Å². The fourth-order valence-corrected chi connectivity index (χ4v) is 5.00. The van der Waals surface area contributed by atoms with Gasteiger partial charge in [-0.15, -0.1) is 0 Å². The fraction of sp³-hybridized carbons (Fsp3) is 0.556. The van der Waals surface area contributed by atoms with Gasteiger partial charge in [0.1, 0.15) is 0 Å². The summed E-state index contributed by atoms with van der Waals surface area (Å²) in [5.41, 5.74) is -1.79. The molecular formula is C18H23FN2O5S. The molecule has 2 fully saturated rings. The van der Waals surface area contributed by atoms with Crippen LogP contribution in [-0.4, -0.2) is 66.5 Å². The number of nitrogens with zero attached hydrogens (tertiary/aromatic N) is 2. The molecule has 1 aromatic carbocycles. The van der Waals surface area contributed by atoms with Crippen LogP contribution in [0.5, 0.6) is 0 Å². The van der Waals surface area contributed by atoms with Gasteiger partial charge in [-0.3, -0.25) is 4.79 Å². The quantitative estimate of drug-likeness (QED) is 0.810. The third kappa shape index (κ3) is 4.14. The van der Waals surface area contributed by atoms with Crippen molar-refractivity contribution in [3.63, 3.8) is 0 Å². The van der Waals surface area contributed by atoms with Crippen molar-refractivity contribution in [3.8, 4) is 0 Å². The van der Waals surface area contributed by atoms with Crippen molar-refractivity contribution < 1.29 is 27.5 Å². The standard InChI is InChI=1S/C18H23FN2O5S/c19-18(17(23)24)8-11-20(13-18)16(22)12-14-4-6-15(7-5-14)27(25,26)21-9-2-1-3-10-21/h4-7H,1-3,8-13H2,(H,23,24). The van der Waals surface area contributed by atoms with Gasteiger partial charge in [0.2, 0.25) is 21.6 Å². The van der Waals surface area contributed by atoms with Gasteiger partial charge in [-0.1, -0.05) is 18.6 Å². The number of carboxylic acids is 1. The molecule has 1 atom stereocenters. The van der Waals surface area contributed by atoms with Gasteiger partial charge >= 0.3 is 5.97 Å². The lowest BCUT2D eigenvalue weighted by Crippen LogP contribution is -2.39. The summed E-state index contributed by atoms with van der Waals surface area (Å²) in [6.45, 7) is 0.643. The average Bonchev–Trinajstić information content (AvgIpc) is 3.07. The van der Waals surface area contributed by atoms with E-state index in [2.05, 4.69) is 0 Å². The van der Waals surface area contributed by atoms with Crippen LogP contribution < -0.4 is 0 Å². The Hall–Kier alpha value is -2.00.